The zero-order valence-corrected chi connectivity index (χ0v) is 13.8. The van der Waals surface area contributed by atoms with Crippen molar-refractivity contribution in [1.29, 1.82) is 5.26 Å². The molecule has 1 aromatic carbocycles. The molecule has 2 heterocycles. The molecule has 0 amide bonds. The van der Waals surface area contributed by atoms with Gasteiger partial charge in [-0.25, -0.2) is 4.68 Å². The van der Waals surface area contributed by atoms with Gasteiger partial charge in [-0.1, -0.05) is 31.2 Å². The fourth-order valence-electron chi connectivity index (χ4n) is 2.66. The molecule has 0 N–H and O–H groups in total. The van der Waals surface area contributed by atoms with E-state index in [4.69, 9.17) is 0 Å². The third-order valence-corrected chi connectivity index (χ3v) is 3.81. The van der Waals surface area contributed by atoms with Crippen molar-refractivity contribution in [3.05, 3.63) is 71.3 Å². The van der Waals surface area contributed by atoms with Crippen molar-refractivity contribution < 1.29 is 0 Å². The normalized spacial score (nSPS) is 10.8. The van der Waals surface area contributed by atoms with Crippen LogP contribution in [0.2, 0.25) is 0 Å². The van der Waals surface area contributed by atoms with Crippen LogP contribution in [0.5, 0.6) is 0 Å². The standard InChI is InChI=1S/C19H19N5/c1-14(2)11-19-18(13-20)22-23-24(19)17-5-3-15(4-6-17)12-16-7-9-21-10-8-16/h3-10,14H,11-12H2,1-2H3. The summed E-state index contributed by atoms with van der Waals surface area (Å²) in [6, 6.07) is 14.4. The van der Waals surface area contributed by atoms with Crippen LogP contribution in [0.15, 0.2) is 48.8 Å². The number of hydrogen-bond donors (Lipinski definition) is 0. The molecule has 0 spiro atoms. The number of nitriles is 1. The lowest BCUT2D eigenvalue weighted by Gasteiger charge is -2.09. The van der Waals surface area contributed by atoms with E-state index in [1.807, 2.05) is 24.3 Å². The van der Waals surface area contributed by atoms with Crippen molar-refractivity contribution in [2.24, 2.45) is 5.92 Å². The van der Waals surface area contributed by atoms with E-state index in [0.717, 1.165) is 24.2 Å². The summed E-state index contributed by atoms with van der Waals surface area (Å²) in [6.45, 7) is 4.24. The van der Waals surface area contributed by atoms with E-state index in [9.17, 15) is 5.26 Å². The lowest BCUT2D eigenvalue weighted by molar-refractivity contribution is 0.613. The highest BCUT2D eigenvalue weighted by Crippen LogP contribution is 2.18. The summed E-state index contributed by atoms with van der Waals surface area (Å²) in [5, 5.41) is 17.4. The van der Waals surface area contributed by atoms with Crippen LogP contribution in [0.4, 0.5) is 0 Å². The fraction of sp³-hybridized carbons (Fsp3) is 0.263. The molecule has 0 unspecified atom stereocenters. The Kier molecular flexibility index (Phi) is 4.66. The van der Waals surface area contributed by atoms with Gasteiger partial charge in [-0.2, -0.15) is 5.26 Å². The molecule has 0 aliphatic heterocycles. The minimum atomic E-state index is 0.407. The van der Waals surface area contributed by atoms with E-state index in [2.05, 4.69) is 47.3 Å². The fourth-order valence-corrected chi connectivity index (χ4v) is 2.66. The van der Waals surface area contributed by atoms with Gasteiger partial charge < -0.3 is 0 Å². The van der Waals surface area contributed by atoms with Gasteiger partial charge in [-0.15, -0.1) is 5.10 Å². The maximum absolute atomic E-state index is 9.23. The van der Waals surface area contributed by atoms with Gasteiger partial charge >= 0.3 is 0 Å². The van der Waals surface area contributed by atoms with Crippen LogP contribution in [-0.2, 0) is 12.8 Å². The summed E-state index contributed by atoms with van der Waals surface area (Å²) in [5.74, 6) is 0.431. The Balaban J connectivity index is 1.86. The molecule has 5 heteroatoms. The summed E-state index contributed by atoms with van der Waals surface area (Å²) in [6.07, 6.45) is 5.25. The molecule has 0 saturated heterocycles. The van der Waals surface area contributed by atoms with Gasteiger partial charge in [0.15, 0.2) is 5.69 Å². The molecule has 0 radical (unpaired) electrons. The third kappa shape index (κ3) is 3.49. The second-order valence-corrected chi connectivity index (χ2v) is 6.21. The van der Waals surface area contributed by atoms with E-state index in [0.29, 0.717) is 11.6 Å². The number of nitrogens with zero attached hydrogens (tertiary/aromatic N) is 5. The Morgan fingerprint density at radius 1 is 1.04 bits per heavy atom. The van der Waals surface area contributed by atoms with Gasteiger partial charge in [0.25, 0.3) is 0 Å². The maximum atomic E-state index is 9.23. The predicted molar refractivity (Wildman–Crippen MR) is 91.7 cm³/mol. The monoisotopic (exact) mass is 317 g/mol. The molecule has 0 bridgehead atoms. The smallest absolute Gasteiger partial charge is 0.186 e. The molecule has 2 aromatic heterocycles. The molecule has 120 valence electrons. The SMILES string of the molecule is CC(C)Cc1c(C#N)nnn1-c1ccc(Cc2ccncc2)cc1. The average Bonchev–Trinajstić information content (AvgIpc) is 2.98. The molecule has 24 heavy (non-hydrogen) atoms. The molecule has 0 saturated carbocycles. The molecule has 3 aromatic rings. The summed E-state index contributed by atoms with van der Waals surface area (Å²) in [7, 11) is 0. The Hall–Kier alpha value is -3.00. The van der Waals surface area contributed by atoms with Crippen LogP contribution in [0, 0.1) is 17.2 Å². The summed E-state index contributed by atoms with van der Waals surface area (Å²) < 4.78 is 1.77. The second-order valence-electron chi connectivity index (χ2n) is 6.21. The molecule has 5 nitrogen and oxygen atoms in total. The first-order valence-corrected chi connectivity index (χ1v) is 8.00. The van der Waals surface area contributed by atoms with Gasteiger partial charge in [0.05, 0.1) is 11.4 Å². The van der Waals surface area contributed by atoms with E-state index in [1.54, 1.807) is 17.1 Å². The van der Waals surface area contributed by atoms with Crippen molar-refractivity contribution >= 4 is 0 Å². The second kappa shape index (κ2) is 7.05. The molecule has 0 atom stereocenters. The number of benzene rings is 1. The first-order chi connectivity index (χ1) is 11.7. The highest BCUT2D eigenvalue weighted by atomic mass is 15.4. The van der Waals surface area contributed by atoms with E-state index >= 15 is 0 Å². The number of rotatable bonds is 5. The van der Waals surface area contributed by atoms with Gasteiger partial charge in [0.2, 0.25) is 0 Å². The third-order valence-electron chi connectivity index (χ3n) is 3.81. The summed E-state index contributed by atoms with van der Waals surface area (Å²) >= 11 is 0. The largest absolute Gasteiger partial charge is 0.265 e. The molecule has 0 aliphatic rings. The van der Waals surface area contributed by atoms with Gasteiger partial charge in [0, 0.05) is 12.4 Å². The zero-order chi connectivity index (χ0) is 16.9. The van der Waals surface area contributed by atoms with Crippen molar-refractivity contribution in [3.63, 3.8) is 0 Å². The maximum Gasteiger partial charge on any atom is 0.186 e. The van der Waals surface area contributed by atoms with E-state index in [1.165, 1.54) is 11.1 Å². The van der Waals surface area contributed by atoms with Crippen molar-refractivity contribution in [2.45, 2.75) is 26.7 Å². The Labute approximate surface area is 141 Å². The molecule has 0 fully saturated rings. The van der Waals surface area contributed by atoms with Crippen molar-refractivity contribution in [3.8, 4) is 11.8 Å². The van der Waals surface area contributed by atoms with Crippen LogP contribution >= 0.6 is 0 Å². The van der Waals surface area contributed by atoms with Crippen molar-refractivity contribution in [2.75, 3.05) is 0 Å². The number of pyridine rings is 1. The first kappa shape index (κ1) is 15.9. The Morgan fingerprint density at radius 2 is 1.71 bits per heavy atom. The van der Waals surface area contributed by atoms with Crippen LogP contribution in [0.1, 0.15) is 36.4 Å². The highest BCUT2D eigenvalue weighted by Gasteiger charge is 2.15. The number of hydrogen-bond acceptors (Lipinski definition) is 4. The lowest BCUT2D eigenvalue weighted by Crippen LogP contribution is -2.06. The van der Waals surface area contributed by atoms with Gasteiger partial charge in [-0.3, -0.25) is 4.98 Å². The summed E-state index contributed by atoms with van der Waals surface area (Å²) in [4.78, 5) is 4.04. The molecular weight excluding hydrogens is 298 g/mol. The minimum absolute atomic E-state index is 0.407. The van der Waals surface area contributed by atoms with Crippen molar-refractivity contribution in [1.82, 2.24) is 20.0 Å². The number of aromatic nitrogens is 4. The van der Waals surface area contributed by atoms with Crippen LogP contribution < -0.4 is 0 Å². The van der Waals surface area contributed by atoms with Crippen LogP contribution in [0.25, 0.3) is 5.69 Å². The highest BCUT2D eigenvalue weighted by molar-refractivity contribution is 5.39. The Bertz CT molecular complexity index is 842. The minimum Gasteiger partial charge on any atom is -0.265 e. The molecule has 0 aliphatic carbocycles. The average molecular weight is 317 g/mol. The molecule has 3 rings (SSSR count). The van der Waals surface area contributed by atoms with Crippen LogP contribution in [-0.4, -0.2) is 20.0 Å². The molecular formula is C19H19N5. The van der Waals surface area contributed by atoms with E-state index < -0.39 is 0 Å². The Morgan fingerprint density at radius 3 is 2.33 bits per heavy atom. The quantitative estimate of drug-likeness (QED) is 0.724. The van der Waals surface area contributed by atoms with Gasteiger partial charge in [-0.05, 0) is 54.2 Å². The predicted octanol–water partition coefficient (Wildman–Crippen LogP) is 3.32. The lowest BCUT2D eigenvalue weighted by atomic mass is 10.0. The summed E-state index contributed by atoms with van der Waals surface area (Å²) in [5.41, 5.74) is 4.65. The van der Waals surface area contributed by atoms with Gasteiger partial charge in [0.1, 0.15) is 6.07 Å². The van der Waals surface area contributed by atoms with E-state index in [-0.39, 0.29) is 0 Å². The zero-order valence-electron chi connectivity index (χ0n) is 13.8. The first-order valence-electron chi connectivity index (χ1n) is 8.00. The topological polar surface area (TPSA) is 67.4 Å². The van der Waals surface area contributed by atoms with Crippen LogP contribution in [0.3, 0.4) is 0 Å².